The molecule has 0 unspecified atom stereocenters. The van der Waals surface area contributed by atoms with Crippen LogP contribution in [0.15, 0.2) is 36.5 Å². The van der Waals surface area contributed by atoms with Crippen molar-refractivity contribution in [1.29, 1.82) is 0 Å². The van der Waals surface area contributed by atoms with E-state index in [-0.39, 0.29) is 11.4 Å². The van der Waals surface area contributed by atoms with Crippen molar-refractivity contribution in [1.82, 2.24) is 4.98 Å². The second-order valence-electron chi connectivity index (χ2n) is 3.63. The number of nitro groups is 1. The van der Waals surface area contributed by atoms with Gasteiger partial charge in [-0.1, -0.05) is 0 Å². The number of pyridine rings is 1. The topological polar surface area (TPSA) is 77.3 Å². The molecule has 0 saturated heterocycles. The van der Waals surface area contributed by atoms with Gasteiger partial charge >= 0.3 is 0 Å². The standard InChI is InChI=1S/C12H10FN3O3/c1-19-11-6-8(2-3-10(11)13)15-12-7-9(16(17)18)4-5-14-12/h2-7H,1H3,(H,14,15). The van der Waals surface area contributed by atoms with E-state index in [9.17, 15) is 14.5 Å². The number of anilines is 2. The number of rotatable bonds is 4. The molecule has 19 heavy (non-hydrogen) atoms. The first kappa shape index (κ1) is 12.7. The molecule has 0 aliphatic heterocycles. The van der Waals surface area contributed by atoms with Gasteiger partial charge in [0.1, 0.15) is 5.82 Å². The third-order valence-electron chi connectivity index (χ3n) is 2.38. The van der Waals surface area contributed by atoms with Crippen molar-refractivity contribution in [2.45, 2.75) is 0 Å². The molecule has 6 nitrogen and oxygen atoms in total. The van der Waals surface area contributed by atoms with Gasteiger partial charge in [0.05, 0.1) is 18.1 Å². The number of hydrogen-bond acceptors (Lipinski definition) is 5. The van der Waals surface area contributed by atoms with Crippen molar-refractivity contribution < 1.29 is 14.1 Å². The molecule has 1 heterocycles. The number of nitrogens with zero attached hydrogens (tertiary/aromatic N) is 2. The van der Waals surface area contributed by atoms with Gasteiger partial charge in [-0.15, -0.1) is 0 Å². The Balaban J connectivity index is 2.26. The first-order valence-corrected chi connectivity index (χ1v) is 5.31. The average molecular weight is 263 g/mol. The molecule has 0 spiro atoms. The molecule has 0 radical (unpaired) electrons. The Morgan fingerprint density at radius 1 is 1.37 bits per heavy atom. The zero-order chi connectivity index (χ0) is 13.8. The molecule has 0 saturated carbocycles. The van der Waals surface area contributed by atoms with Gasteiger partial charge in [-0.3, -0.25) is 10.1 Å². The van der Waals surface area contributed by atoms with E-state index in [2.05, 4.69) is 10.3 Å². The van der Waals surface area contributed by atoms with Crippen LogP contribution in [-0.4, -0.2) is 17.0 Å². The highest BCUT2D eigenvalue weighted by Gasteiger charge is 2.08. The van der Waals surface area contributed by atoms with Gasteiger partial charge in [0.15, 0.2) is 11.6 Å². The Morgan fingerprint density at radius 2 is 2.16 bits per heavy atom. The van der Waals surface area contributed by atoms with Crippen LogP contribution in [0.2, 0.25) is 0 Å². The van der Waals surface area contributed by atoms with Crippen LogP contribution < -0.4 is 10.1 Å². The van der Waals surface area contributed by atoms with E-state index >= 15 is 0 Å². The zero-order valence-corrected chi connectivity index (χ0v) is 9.96. The molecule has 98 valence electrons. The highest BCUT2D eigenvalue weighted by atomic mass is 19.1. The molecule has 0 bridgehead atoms. The second kappa shape index (κ2) is 5.30. The lowest BCUT2D eigenvalue weighted by Crippen LogP contribution is -1.97. The van der Waals surface area contributed by atoms with Crippen molar-refractivity contribution >= 4 is 17.2 Å². The predicted octanol–water partition coefficient (Wildman–Crippen LogP) is 2.88. The smallest absolute Gasteiger partial charge is 0.274 e. The summed E-state index contributed by atoms with van der Waals surface area (Å²) in [6.45, 7) is 0. The van der Waals surface area contributed by atoms with Crippen molar-refractivity contribution in [3.05, 3.63) is 52.5 Å². The maximum atomic E-state index is 13.2. The third kappa shape index (κ3) is 2.95. The summed E-state index contributed by atoms with van der Waals surface area (Å²) in [4.78, 5) is 14.1. The summed E-state index contributed by atoms with van der Waals surface area (Å²) < 4.78 is 18.1. The average Bonchev–Trinajstić information content (AvgIpc) is 2.41. The Bertz CT molecular complexity index is 619. The number of hydrogen-bond donors (Lipinski definition) is 1. The van der Waals surface area contributed by atoms with Crippen LogP contribution in [0.1, 0.15) is 0 Å². The first-order valence-electron chi connectivity index (χ1n) is 5.31. The predicted molar refractivity (Wildman–Crippen MR) is 67.1 cm³/mol. The Morgan fingerprint density at radius 3 is 2.84 bits per heavy atom. The van der Waals surface area contributed by atoms with Gasteiger partial charge in [0, 0.05) is 24.0 Å². The molecule has 0 amide bonds. The van der Waals surface area contributed by atoms with Crippen LogP contribution in [0.4, 0.5) is 21.6 Å². The molecule has 0 aliphatic carbocycles. The SMILES string of the molecule is COc1cc(Nc2cc([N+](=O)[O-])ccn2)ccc1F. The number of ether oxygens (including phenoxy) is 1. The van der Waals surface area contributed by atoms with Crippen LogP contribution in [-0.2, 0) is 0 Å². The molecule has 0 fully saturated rings. The van der Waals surface area contributed by atoms with E-state index in [1.54, 1.807) is 0 Å². The quantitative estimate of drug-likeness (QED) is 0.677. The summed E-state index contributed by atoms with van der Waals surface area (Å²) in [5.41, 5.74) is 0.442. The van der Waals surface area contributed by atoms with Crippen LogP contribution in [0.5, 0.6) is 5.75 Å². The highest BCUT2D eigenvalue weighted by Crippen LogP contribution is 2.24. The fraction of sp³-hybridized carbons (Fsp3) is 0.0833. The number of methoxy groups -OCH3 is 1. The number of halogens is 1. The van der Waals surface area contributed by atoms with E-state index < -0.39 is 10.7 Å². The molecule has 1 aromatic carbocycles. The second-order valence-corrected chi connectivity index (χ2v) is 3.63. The lowest BCUT2D eigenvalue weighted by Gasteiger charge is -2.07. The molecule has 2 rings (SSSR count). The Hall–Kier alpha value is -2.70. The molecular formula is C12H10FN3O3. The zero-order valence-electron chi connectivity index (χ0n) is 9.96. The van der Waals surface area contributed by atoms with Crippen LogP contribution in [0.3, 0.4) is 0 Å². The van der Waals surface area contributed by atoms with E-state index in [1.807, 2.05) is 0 Å². The molecule has 0 aliphatic rings. The summed E-state index contributed by atoms with van der Waals surface area (Å²) >= 11 is 0. The number of aromatic nitrogens is 1. The van der Waals surface area contributed by atoms with Gasteiger partial charge in [-0.05, 0) is 12.1 Å². The van der Waals surface area contributed by atoms with Crippen LogP contribution >= 0.6 is 0 Å². The summed E-state index contributed by atoms with van der Waals surface area (Å²) in [6, 6.07) is 6.74. The van der Waals surface area contributed by atoms with Gasteiger partial charge in [0.25, 0.3) is 5.69 Å². The van der Waals surface area contributed by atoms with Crippen molar-refractivity contribution in [2.24, 2.45) is 0 Å². The molecular weight excluding hydrogens is 253 g/mol. The normalized spacial score (nSPS) is 10.0. The molecule has 1 aromatic heterocycles. The minimum Gasteiger partial charge on any atom is -0.494 e. The minimum atomic E-state index is -0.516. The van der Waals surface area contributed by atoms with Gasteiger partial charge in [0.2, 0.25) is 0 Å². The van der Waals surface area contributed by atoms with Crippen LogP contribution in [0, 0.1) is 15.9 Å². The van der Waals surface area contributed by atoms with Crippen molar-refractivity contribution in [3.63, 3.8) is 0 Å². The monoisotopic (exact) mass is 263 g/mol. The van der Waals surface area contributed by atoms with Crippen molar-refractivity contribution in [2.75, 3.05) is 12.4 Å². The summed E-state index contributed by atoms with van der Waals surface area (Å²) in [6.07, 6.45) is 1.32. The fourth-order valence-corrected chi connectivity index (χ4v) is 1.49. The van der Waals surface area contributed by atoms with Crippen LogP contribution in [0.25, 0.3) is 0 Å². The lowest BCUT2D eigenvalue weighted by atomic mass is 10.3. The molecule has 1 N–H and O–H groups in total. The summed E-state index contributed by atoms with van der Waals surface area (Å²) in [5, 5.41) is 13.5. The number of benzene rings is 1. The minimum absolute atomic E-state index is 0.0772. The maximum Gasteiger partial charge on any atom is 0.274 e. The van der Waals surface area contributed by atoms with Crippen molar-refractivity contribution in [3.8, 4) is 5.75 Å². The third-order valence-corrected chi connectivity index (χ3v) is 2.38. The maximum absolute atomic E-state index is 13.2. The Kier molecular flexibility index (Phi) is 3.56. The molecule has 7 heteroatoms. The van der Waals surface area contributed by atoms with Gasteiger partial charge < -0.3 is 10.1 Å². The molecule has 2 aromatic rings. The highest BCUT2D eigenvalue weighted by molar-refractivity contribution is 5.60. The lowest BCUT2D eigenvalue weighted by molar-refractivity contribution is -0.384. The van der Waals surface area contributed by atoms with E-state index in [0.717, 1.165) is 0 Å². The Labute approximate surface area is 108 Å². The fourth-order valence-electron chi connectivity index (χ4n) is 1.49. The van der Waals surface area contributed by atoms with E-state index in [4.69, 9.17) is 4.74 Å². The van der Waals surface area contributed by atoms with E-state index in [1.165, 1.54) is 43.6 Å². The van der Waals surface area contributed by atoms with E-state index in [0.29, 0.717) is 11.5 Å². The largest absolute Gasteiger partial charge is 0.494 e. The number of nitrogens with one attached hydrogen (secondary N) is 1. The van der Waals surface area contributed by atoms with Gasteiger partial charge in [-0.2, -0.15) is 0 Å². The van der Waals surface area contributed by atoms with Gasteiger partial charge in [-0.25, -0.2) is 9.37 Å². The summed E-state index contributed by atoms with van der Waals surface area (Å²) in [5.74, 6) is -0.113. The first-order chi connectivity index (χ1) is 9.10. The summed E-state index contributed by atoms with van der Waals surface area (Å²) in [7, 11) is 1.35. The molecule has 0 atom stereocenters.